The van der Waals surface area contributed by atoms with Crippen LogP contribution in [0.15, 0.2) is 23.8 Å². The van der Waals surface area contributed by atoms with Crippen LogP contribution in [0.2, 0.25) is 0 Å². The van der Waals surface area contributed by atoms with Gasteiger partial charge in [0.2, 0.25) is 0 Å². The van der Waals surface area contributed by atoms with Crippen molar-refractivity contribution in [3.63, 3.8) is 0 Å². The van der Waals surface area contributed by atoms with Crippen LogP contribution in [0.1, 0.15) is 51.9 Å². The first-order valence-corrected chi connectivity index (χ1v) is 7.80. The fourth-order valence-corrected chi connectivity index (χ4v) is 4.39. The average molecular weight is 245 g/mol. The first-order valence-electron chi connectivity index (χ1n) is 7.80. The zero-order valence-corrected chi connectivity index (χ0v) is 11.9. The van der Waals surface area contributed by atoms with Crippen molar-refractivity contribution in [1.29, 1.82) is 0 Å². The molecule has 1 heteroatoms. The van der Waals surface area contributed by atoms with E-state index in [9.17, 15) is 0 Å². The Kier molecular flexibility index (Phi) is 3.61. The maximum absolute atomic E-state index is 2.67. The average Bonchev–Trinajstić information content (AvgIpc) is 2.57. The highest BCUT2D eigenvalue weighted by atomic mass is 15.2. The Morgan fingerprint density at radius 1 is 1.28 bits per heavy atom. The summed E-state index contributed by atoms with van der Waals surface area (Å²) in [6.45, 7) is 2.46. The molecule has 3 aliphatic rings. The predicted octanol–water partition coefficient (Wildman–Crippen LogP) is 4.16. The predicted molar refractivity (Wildman–Crippen MR) is 77.5 cm³/mol. The lowest BCUT2D eigenvalue weighted by Gasteiger charge is -2.37. The van der Waals surface area contributed by atoms with Crippen LogP contribution in [0.4, 0.5) is 0 Å². The van der Waals surface area contributed by atoms with Gasteiger partial charge >= 0.3 is 0 Å². The van der Waals surface area contributed by atoms with Crippen LogP contribution in [0.25, 0.3) is 0 Å². The van der Waals surface area contributed by atoms with Gasteiger partial charge in [0.15, 0.2) is 0 Å². The molecule has 0 amide bonds. The van der Waals surface area contributed by atoms with Gasteiger partial charge in [0.1, 0.15) is 0 Å². The molecular formula is C17H27N. The van der Waals surface area contributed by atoms with Crippen molar-refractivity contribution in [2.45, 2.75) is 64.0 Å². The van der Waals surface area contributed by atoms with Gasteiger partial charge in [-0.15, -0.1) is 0 Å². The van der Waals surface area contributed by atoms with E-state index in [1.807, 2.05) is 0 Å². The van der Waals surface area contributed by atoms with Gasteiger partial charge in [-0.3, -0.25) is 0 Å². The third kappa shape index (κ3) is 2.42. The van der Waals surface area contributed by atoms with Gasteiger partial charge in [-0.05, 0) is 63.8 Å². The molecule has 0 radical (unpaired) electrons. The molecule has 2 bridgehead atoms. The maximum atomic E-state index is 2.67. The summed E-state index contributed by atoms with van der Waals surface area (Å²) in [6, 6.07) is 1.78. The minimum atomic E-state index is 0.883. The molecular weight excluding hydrogens is 218 g/mol. The number of hydrogen-bond donors (Lipinski definition) is 0. The maximum Gasteiger partial charge on any atom is 0.0124 e. The van der Waals surface area contributed by atoms with Gasteiger partial charge in [-0.2, -0.15) is 0 Å². The molecule has 2 saturated heterocycles. The Hall–Kier alpha value is -0.560. The van der Waals surface area contributed by atoms with Crippen molar-refractivity contribution in [2.75, 3.05) is 7.05 Å². The topological polar surface area (TPSA) is 3.24 Å². The van der Waals surface area contributed by atoms with E-state index in [4.69, 9.17) is 0 Å². The highest BCUT2D eigenvalue weighted by Crippen LogP contribution is 2.42. The van der Waals surface area contributed by atoms with E-state index in [0.717, 1.165) is 23.9 Å². The van der Waals surface area contributed by atoms with E-state index in [0.29, 0.717) is 0 Å². The van der Waals surface area contributed by atoms with E-state index in [-0.39, 0.29) is 0 Å². The quantitative estimate of drug-likeness (QED) is 0.721. The Morgan fingerprint density at radius 2 is 2.17 bits per heavy atom. The zero-order valence-electron chi connectivity index (χ0n) is 11.9. The van der Waals surface area contributed by atoms with Gasteiger partial charge in [0.05, 0.1) is 0 Å². The number of rotatable bonds is 3. The lowest BCUT2D eigenvalue weighted by molar-refractivity contribution is 0.120. The van der Waals surface area contributed by atoms with Crippen LogP contribution in [0.3, 0.4) is 0 Å². The van der Waals surface area contributed by atoms with E-state index in [1.165, 1.54) is 44.9 Å². The second-order valence-corrected chi connectivity index (χ2v) is 6.77. The minimum absolute atomic E-state index is 0.883. The van der Waals surface area contributed by atoms with E-state index in [1.54, 1.807) is 5.57 Å². The molecule has 3 unspecified atom stereocenters. The lowest BCUT2D eigenvalue weighted by Crippen LogP contribution is -2.41. The molecule has 0 N–H and O–H groups in total. The molecule has 2 heterocycles. The summed E-state index contributed by atoms with van der Waals surface area (Å²) in [6.07, 6.45) is 16.6. The van der Waals surface area contributed by atoms with Crippen molar-refractivity contribution in [3.8, 4) is 0 Å². The number of nitrogens with zero attached hydrogens (tertiary/aromatic N) is 1. The molecule has 1 nitrogen and oxygen atoms in total. The summed E-state index contributed by atoms with van der Waals surface area (Å²) in [7, 11) is 2.35. The molecule has 3 rings (SSSR count). The Balaban J connectivity index is 1.53. The van der Waals surface area contributed by atoms with Gasteiger partial charge in [-0.1, -0.05) is 30.7 Å². The molecule has 0 saturated carbocycles. The minimum Gasteiger partial charge on any atom is -0.300 e. The van der Waals surface area contributed by atoms with Crippen LogP contribution in [0.5, 0.6) is 0 Å². The highest BCUT2D eigenvalue weighted by molar-refractivity contribution is 5.17. The summed E-state index contributed by atoms with van der Waals surface area (Å²) >= 11 is 0. The van der Waals surface area contributed by atoms with Gasteiger partial charge in [0, 0.05) is 12.1 Å². The number of allylic oxidation sites excluding steroid dienone is 4. The largest absolute Gasteiger partial charge is 0.300 e. The van der Waals surface area contributed by atoms with Gasteiger partial charge in [0.25, 0.3) is 0 Å². The van der Waals surface area contributed by atoms with E-state index < -0.39 is 0 Å². The monoisotopic (exact) mass is 245 g/mol. The van der Waals surface area contributed by atoms with Gasteiger partial charge in [-0.25, -0.2) is 0 Å². The van der Waals surface area contributed by atoms with Crippen LogP contribution in [0, 0.1) is 11.8 Å². The first kappa shape index (κ1) is 12.5. The molecule has 0 spiro atoms. The fourth-order valence-electron chi connectivity index (χ4n) is 4.39. The fraction of sp³-hybridized carbons (Fsp3) is 0.765. The highest BCUT2D eigenvalue weighted by Gasteiger charge is 2.42. The smallest absolute Gasteiger partial charge is 0.0124 e. The Bertz CT molecular complexity index is 355. The lowest BCUT2D eigenvalue weighted by atomic mass is 9.85. The van der Waals surface area contributed by atoms with Crippen LogP contribution >= 0.6 is 0 Å². The van der Waals surface area contributed by atoms with Gasteiger partial charge < -0.3 is 4.90 Å². The summed E-state index contributed by atoms with van der Waals surface area (Å²) < 4.78 is 0. The molecule has 4 atom stereocenters. The second kappa shape index (κ2) is 5.21. The third-order valence-electron chi connectivity index (χ3n) is 5.55. The first-order chi connectivity index (χ1) is 8.74. The molecule has 0 aromatic heterocycles. The Morgan fingerprint density at radius 3 is 2.89 bits per heavy atom. The van der Waals surface area contributed by atoms with Crippen molar-refractivity contribution in [2.24, 2.45) is 11.8 Å². The summed E-state index contributed by atoms with van der Waals surface area (Å²) in [4.78, 5) is 2.67. The van der Waals surface area contributed by atoms with Crippen molar-refractivity contribution < 1.29 is 0 Å². The van der Waals surface area contributed by atoms with Crippen molar-refractivity contribution in [1.82, 2.24) is 4.90 Å². The molecule has 0 aromatic carbocycles. The normalized spacial score (nSPS) is 40.0. The zero-order chi connectivity index (χ0) is 12.5. The molecule has 100 valence electrons. The Labute approximate surface area is 112 Å². The standard InChI is InChI=1S/C17H27N/c1-13-10-16-11-15(12-17(13)18(16)2)9-8-14-6-4-3-5-7-14/h3-4,6,13,15-17H,5,7-12H2,1-2H3/t13-,15?,16?,17?/m1/s1. The number of fused-ring (bicyclic) bond motifs is 2. The SMILES string of the molecule is C[C@@H]1CC2CC(CCC3=CC=CCC3)CC1N2C. The molecule has 2 fully saturated rings. The van der Waals surface area contributed by atoms with Crippen molar-refractivity contribution >= 4 is 0 Å². The van der Waals surface area contributed by atoms with E-state index >= 15 is 0 Å². The molecule has 18 heavy (non-hydrogen) atoms. The van der Waals surface area contributed by atoms with Crippen molar-refractivity contribution in [3.05, 3.63) is 23.8 Å². The molecule has 2 aliphatic heterocycles. The molecule has 0 aromatic rings. The number of piperidine rings is 1. The summed E-state index contributed by atoms with van der Waals surface area (Å²) in [5.74, 6) is 1.93. The third-order valence-corrected chi connectivity index (χ3v) is 5.55. The van der Waals surface area contributed by atoms with Crippen LogP contribution in [-0.4, -0.2) is 24.0 Å². The summed E-state index contributed by atoms with van der Waals surface area (Å²) in [5.41, 5.74) is 1.69. The molecule has 1 aliphatic carbocycles. The summed E-state index contributed by atoms with van der Waals surface area (Å²) in [5, 5.41) is 0. The number of hydrogen-bond acceptors (Lipinski definition) is 1. The van der Waals surface area contributed by atoms with E-state index in [2.05, 4.69) is 37.1 Å². The van der Waals surface area contributed by atoms with Crippen LogP contribution in [-0.2, 0) is 0 Å². The second-order valence-electron chi connectivity index (χ2n) is 6.77. The van der Waals surface area contributed by atoms with Crippen LogP contribution < -0.4 is 0 Å².